The van der Waals surface area contributed by atoms with Crippen molar-refractivity contribution in [2.75, 3.05) is 39.3 Å². The highest BCUT2D eigenvalue weighted by atomic mass is 16.2. The second-order valence-electron chi connectivity index (χ2n) is 8.43. The maximum absolute atomic E-state index is 13.0. The van der Waals surface area contributed by atoms with E-state index >= 15 is 0 Å². The molecule has 5 nitrogen and oxygen atoms in total. The van der Waals surface area contributed by atoms with Crippen LogP contribution in [0.2, 0.25) is 0 Å². The van der Waals surface area contributed by atoms with Crippen molar-refractivity contribution in [3.05, 3.63) is 35.9 Å². The largest absolute Gasteiger partial charge is 0.335 e. The van der Waals surface area contributed by atoms with E-state index in [2.05, 4.69) is 4.90 Å². The van der Waals surface area contributed by atoms with E-state index in [0.717, 1.165) is 44.2 Å². The molecule has 2 heterocycles. The second-order valence-corrected chi connectivity index (χ2v) is 8.43. The molecule has 3 fully saturated rings. The summed E-state index contributed by atoms with van der Waals surface area (Å²) in [6.07, 6.45) is 7.60. The number of benzene rings is 1. The van der Waals surface area contributed by atoms with E-state index in [0.29, 0.717) is 18.5 Å². The van der Waals surface area contributed by atoms with E-state index in [9.17, 15) is 9.59 Å². The lowest BCUT2D eigenvalue weighted by molar-refractivity contribution is -0.896. The van der Waals surface area contributed by atoms with Crippen LogP contribution in [0, 0.1) is 5.92 Å². The van der Waals surface area contributed by atoms with Crippen molar-refractivity contribution < 1.29 is 14.5 Å². The van der Waals surface area contributed by atoms with Gasteiger partial charge in [0.1, 0.15) is 0 Å². The number of hydrogen-bond acceptors (Lipinski definition) is 2. The van der Waals surface area contributed by atoms with Crippen LogP contribution in [0.1, 0.15) is 48.9 Å². The molecular weight excluding hydrogens is 338 g/mol. The fraction of sp³-hybridized carbons (Fsp3) is 0.636. The van der Waals surface area contributed by atoms with E-state index < -0.39 is 0 Å². The number of nitrogens with one attached hydrogen (secondary N) is 1. The first-order valence-electron chi connectivity index (χ1n) is 10.7. The Morgan fingerprint density at radius 2 is 1.63 bits per heavy atom. The van der Waals surface area contributed by atoms with E-state index in [1.807, 2.05) is 35.2 Å². The number of hydrogen-bond donors (Lipinski definition) is 1. The fourth-order valence-corrected chi connectivity index (χ4v) is 5.22. The summed E-state index contributed by atoms with van der Waals surface area (Å²) in [5, 5.41) is 0. The first kappa shape index (κ1) is 18.5. The number of piperidine rings is 1. The van der Waals surface area contributed by atoms with Crippen LogP contribution < -0.4 is 4.90 Å². The summed E-state index contributed by atoms with van der Waals surface area (Å²) >= 11 is 0. The minimum Gasteiger partial charge on any atom is -0.335 e. The Morgan fingerprint density at radius 1 is 0.926 bits per heavy atom. The maximum atomic E-state index is 13.0. The van der Waals surface area contributed by atoms with Crippen LogP contribution in [-0.2, 0) is 4.79 Å². The lowest BCUT2D eigenvalue weighted by Crippen LogP contribution is -3.16. The van der Waals surface area contributed by atoms with Gasteiger partial charge < -0.3 is 14.7 Å². The predicted octanol–water partition coefficient (Wildman–Crippen LogP) is 1.21. The van der Waals surface area contributed by atoms with Gasteiger partial charge in [0, 0.05) is 18.2 Å². The summed E-state index contributed by atoms with van der Waals surface area (Å²) in [5.74, 6) is 1.19. The van der Waals surface area contributed by atoms with Crippen molar-refractivity contribution >= 4 is 11.8 Å². The lowest BCUT2D eigenvalue weighted by atomic mass is 9.78. The van der Waals surface area contributed by atoms with Crippen molar-refractivity contribution in [3.8, 4) is 0 Å². The molecule has 2 atom stereocenters. The number of quaternary nitrogens is 1. The third kappa shape index (κ3) is 4.18. The van der Waals surface area contributed by atoms with Gasteiger partial charge in [-0.05, 0) is 43.7 Å². The highest BCUT2D eigenvalue weighted by molar-refractivity contribution is 5.94. The van der Waals surface area contributed by atoms with Gasteiger partial charge in [-0.15, -0.1) is 0 Å². The predicted molar refractivity (Wildman–Crippen MR) is 105 cm³/mol. The summed E-state index contributed by atoms with van der Waals surface area (Å²) in [6, 6.07) is 10.0. The average Bonchev–Trinajstić information content (AvgIpc) is 2.74. The zero-order valence-electron chi connectivity index (χ0n) is 16.2. The zero-order chi connectivity index (χ0) is 18.6. The topological polar surface area (TPSA) is 45.1 Å². The third-order valence-electron chi connectivity index (χ3n) is 6.74. The van der Waals surface area contributed by atoms with E-state index in [-0.39, 0.29) is 5.91 Å². The summed E-state index contributed by atoms with van der Waals surface area (Å²) in [4.78, 5) is 31.0. The number of carbonyl (C=O) groups is 2. The Hall–Kier alpha value is -1.88. The molecule has 0 unspecified atom stereocenters. The number of carbonyl (C=O) groups excluding carboxylic acids is 2. The van der Waals surface area contributed by atoms with Crippen molar-refractivity contribution in [2.45, 2.75) is 44.6 Å². The number of nitrogens with zero attached hydrogens (tertiary/aromatic N) is 2. The molecule has 3 aliphatic rings. The van der Waals surface area contributed by atoms with Crippen LogP contribution in [0.3, 0.4) is 0 Å². The molecule has 4 rings (SSSR count). The summed E-state index contributed by atoms with van der Waals surface area (Å²) in [7, 11) is 0. The van der Waals surface area contributed by atoms with Gasteiger partial charge in [-0.3, -0.25) is 9.59 Å². The molecule has 1 N–H and O–H groups in total. The van der Waals surface area contributed by atoms with E-state index in [4.69, 9.17) is 0 Å². The van der Waals surface area contributed by atoms with Gasteiger partial charge in [0.05, 0.1) is 26.2 Å². The van der Waals surface area contributed by atoms with Gasteiger partial charge in [0.25, 0.3) is 11.8 Å². The van der Waals surface area contributed by atoms with E-state index in [1.54, 1.807) is 0 Å². The van der Waals surface area contributed by atoms with Crippen molar-refractivity contribution in [1.82, 2.24) is 9.80 Å². The normalized spacial score (nSPS) is 26.5. The van der Waals surface area contributed by atoms with Gasteiger partial charge >= 0.3 is 0 Å². The first-order chi connectivity index (χ1) is 13.2. The smallest absolute Gasteiger partial charge is 0.278 e. The Kier molecular flexibility index (Phi) is 5.77. The molecule has 2 saturated heterocycles. The number of fused-ring (bicyclic) bond motifs is 1. The minimum atomic E-state index is 0.113. The maximum Gasteiger partial charge on any atom is 0.278 e. The molecule has 2 aliphatic heterocycles. The van der Waals surface area contributed by atoms with Gasteiger partial charge in [-0.1, -0.05) is 31.0 Å². The number of rotatable bonds is 3. The molecule has 1 aromatic carbocycles. The van der Waals surface area contributed by atoms with Gasteiger partial charge in [0.15, 0.2) is 6.54 Å². The highest BCUT2D eigenvalue weighted by Gasteiger charge is 2.37. The van der Waals surface area contributed by atoms with Gasteiger partial charge in [-0.25, -0.2) is 0 Å². The van der Waals surface area contributed by atoms with Gasteiger partial charge in [-0.2, -0.15) is 0 Å². The molecule has 0 radical (unpaired) electrons. The first-order valence-corrected chi connectivity index (χ1v) is 10.7. The molecular formula is C22H32N3O2+. The molecule has 0 aromatic heterocycles. The van der Waals surface area contributed by atoms with Crippen LogP contribution >= 0.6 is 0 Å². The number of amides is 2. The third-order valence-corrected chi connectivity index (χ3v) is 6.74. The van der Waals surface area contributed by atoms with Crippen molar-refractivity contribution in [2.24, 2.45) is 5.92 Å². The Morgan fingerprint density at radius 3 is 2.41 bits per heavy atom. The lowest BCUT2D eigenvalue weighted by Gasteiger charge is -2.44. The molecule has 5 heteroatoms. The highest BCUT2D eigenvalue weighted by Crippen LogP contribution is 2.35. The summed E-state index contributed by atoms with van der Waals surface area (Å²) < 4.78 is 0. The Balaban J connectivity index is 1.29. The van der Waals surface area contributed by atoms with Crippen LogP contribution in [0.4, 0.5) is 0 Å². The van der Waals surface area contributed by atoms with Crippen LogP contribution in [-0.4, -0.2) is 66.9 Å². The average molecular weight is 371 g/mol. The molecule has 0 spiro atoms. The quantitative estimate of drug-likeness (QED) is 0.869. The summed E-state index contributed by atoms with van der Waals surface area (Å²) in [5.41, 5.74) is 0.758. The summed E-state index contributed by atoms with van der Waals surface area (Å²) in [6.45, 7) is 4.76. The Bertz CT molecular complexity index is 653. The van der Waals surface area contributed by atoms with Crippen molar-refractivity contribution in [3.63, 3.8) is 0 Å². The SMILES string of the molecule is O=C(c1ccccc1)N1CC[NH+](CC(=O)N2CCC[C@@H]3CCCC[C@H]32)CC1. The molecule has 146 valence electrons. The Labute approximate surface area is 162 Å². The minimum absolute atomic E-state index is 0.113. The van der Waals surface area contributed by atoms with Crippen LogP contribution in [0.5, 0.6) is 0 Å². The van der Waals surface area contributed by atoms with Crippen molar-refractivity contribution in [1.29, 1.82) is 0 Å². The zero-order valence-corrected chi connectivity index (χ0v) is 16.2. The second kappa shape index (κ2) is 8.42. The van der Waals surface area contributed by atoms with Gasteiger partial charge in [0.2, 0.25) is 0 Å². The molecule has 1 saturated carbocycles. The fourth-order valence-electron chi connectivity index (χ4n) is 5.22. The standard InChI is InChI=1S/C22H31N3O2/c26-21(25-12-6-10-18-7-4-5-11-20(18)25)17-23-13-15-24(16-14-23)22(27)19-8-2-1-3-9-19/h1-3,8-9,18,20H,4-7,10-17H2/p+1/t18-,20+/m0/s1. The van der Waals surface area contributed by atoms with E-state index in [1.165, 1.54) is 43.4 Å². The molecule has 2 amide bonds. The molecule has 0 bridgehead atoms. The molecule has 27 heavy (non-hydrogen) atoms. The molecule has 1 aliphatic carbocycles. The van der Waals surface area contributed by atoms with Crippen LogP contribution in [0.25, 0.3) is 0 Å². The number of piperazine rings is 1. The van der Waals surface area contributed by atoms with Crippen LogP contribution in [0.15, 0.2) is 30.3 Å². The monoisotopic (exact) mass is 370 g/mol. The molecule has 1 aromatic rings. The number of likely N-dealkylation sites (tertiary alicyclic amines) is 1.